The van der Waals surface area contributed by atoms with Crippen LogP contribution in [0.5, 0.6) is 0 Å². The van der Waals surface area contributed by atoms with Crippen molar-refractivity contribution in [3.8, 4) is 0 Å². The Labute approximate surface area is 123 Å². The van der Waals surface area contributed by atoms with Crippen molar-refractivity contribution < 1.29 is 14.5 Å². The summed E-state index contributed by atoms with van der Waals surface area (Å²) in [4.78, 5) is 24.3. The predicted molar refractivity (Wildman–Crippen MR) is 79.2 cm³/mol. The topological polar surface area (TPSA) is 111 Å². The fourth-order valence-corrected chi connectivity index (χ4v) is 1.71. The van der Waals surface area contributed by atoms with Crippen molar-refractivity contribution in [2.75, 3.05) is 46.1 Å². The zero-order valence-electron chi connectivity index (χ0n) is 12.2. The number of likely N-dealkylation sites (N-methyl/N-ethyl adjacent to an activating group) is 1. The second-order valence-electron chi connectivity index (χ2n) is 4.59. The van der Waals surface area contributed by atoms with Crippen LogP contribution in [-0.4, -0.2) is 56.1 Å². The lowest BCUT2D eigenvalue weighted by molar-refractivity contribution is -0.385. The summed E-state index contributed by atoms with van der Waals surface area (Å²) in [5, 5.41) is 13.5. The van der Waals surface area contributed by atoms with Crippen molar-refractivity contribution in [2.24, 2.45) is 0 Å². The number of carbonyl (C=O) groups excluding carboxylic acids is 1. The van der Waals surface area contributed by atoms with Crippen molar-refractivity contribution >= 4 is 17.3 Å². The van der Waals surface area contributed by atoms with Gasteiger partial charge in [-0.25, -0.2) is 0 Å². The van der Waals surface area contributed by atoms with Crippen molar-refractivity contribution in [2.45, 2.75) is 0 Å². The highest BCUT2D eigenvalue weighted by atomic mass is 16.6. The van der Waals surface area contributed by atoms with E-state index in [1.807, 2.05) is 11.9 Å². The van der Waals surface area contributed by atoms with Gasteiger partial charge in [0, 0.05) is 38.5 Å². The number of nitrogens with one attached hydrogen (secondary N) is 1. The molecule has 1 rings (SSSR count). The molecule has 1 aromatic carbocycles. The Bertz CT molecular complexity index is 507. The summed E-state index contributed by atoms with van der Waals surface area (Å²) in [5.41, 5.74) is 5.60. The van der Waals surface area contributed by atoms with E-state index in [1.54, 1.807) is 7.11 Å². The van der Waals surface area contributed by atoms with E-state index < -0.39 is 10.8 Å². The van der Waals surface area contributed by atoms with Gasteiger partial charge in [-0.05, 0) is 19.2 Å². The third-order valence-corrected chi connectivity index (χ3v) is 2.92. The predicted octanol–water partition coefficient (Wildman–Crippen LogP) is 0.485. The van der Waals surface area contributed by atoms with E-state index in [9.17, 15) is 14.9 Å². The SMILES string of the molecule is COCCN(C)CCNC(=O)c1cc(N)ccc1[N+](=O)[O-]. The Morgan fingerprint density at radius 1 is 1.48 bits per heavy atom. The van der Waals surface area contributed by atoms with E-state index in [1.165, 1.54) is 18.2 Å². The summed E-state index contributed by atoms with van der Waals surface area (Å²) in [6, 6.07) is 3.94. The lowest BCUT2D eigenvalue weighted by atomic mass is 10.1. The van der Waals surface area contributed by atoms with Gasteiger partial charge in [-0.1, -0.05) is 0 Å². The number of amides is 1. The molecule has 21 heavy (non-hydrogen) atoms. The third kappa shape index (κ3) is 5.36. The number of anilines is 1. The molecule has 1 aromatic rings. The first-order chi connectivity index (χ1) is 9.95. The molecule has 0 aliphatic heterocycles. The molecular weight excluding hydrogens is 276 g/mol. The fraction of sp³-hybridized carbons (Fsp3) is 0.462. The molecule has 8 heteroatoms. The van der Waals surface area contributed by atoms with Crippen molar-refractivity contribution in [3.63, 3.8) is 0 Å². The van der Waals surface area contributed by atoms with Gasteiger partial charge in [0.2, 0.25) is 0 Å². The quantitative estimate of drug-likeness (QED) is 0.410. The summed E-state index contributed by atoms with van der Waals surface area (Å²) < 4.78 is 4.95. The minimum Gasteiger partial charge on any atom is -0.399 e. The number of nitrogens with zero attached hydrogens (tertiary/aromatic N) is 2. The molecule has 3 N–H and O–H groups in total. The van der Waals surface area contributed by atoms with Gasteiger partial charge < -0.3 is 20.7 Å². The highest BCUT2D eigenvalue weighted by Crippen LogP contribution is 2.20. The normalized spacial score (nSPS) is 10.6. The van der Waals surface area contributed by atoms with Crippen LogP contribution in [0.25, 0.3) is 0 Å². The number of hydrogen-bond donors (Lipinski definition) is 2. The van der Waals surface area contributed by atoms with Gasteiger partial charge in [-0.15, -0.1) is 0 Å². The number of nitro groups is 1. The molecule has 116 valence electrons. The maximum Gasteiger partial charge on any atom is 0.282 e. The number of carbonyl (C=O) groups is 1. The van der Waals surface area contributed by atoms with Crippen molar-refractivity contribution in [3.05, 3.63) is 33.9 Å². The molecule has 0 aliphatic carbocycles. The zero-order valence-corrected chi connectivity index (χ0v) is 12.2. The monoisotopic (exact) mass is 296 g/mol. The van der Waals surface area contributed by atoms with Gasteiger partial charge in [-0.2, -0.15) is 0 Å². The number of rotatable bonds is 8. The lowest BCUT2D eigenvalue weighted by Crippen LogP contribution is -2.34. The Morgan fingerprint density at radius 3 is 2.81 bits per heavy atom. The summed E-state index contributed by atoms with van der Waals surface area (Å²) in [6.45, 7) is 2.34. The molecule has 1 amide bonds. The molecule has 0 saturated carbocycles. The summed E-state index contributed by atoms with van der Waals surface area (Å²) in [6.07, 6.45) is 0. The summed E-state index contributed by atoms with van der Waals surface area (Å²) in [7, 11) is 3.52. The Hall–Kier alpha value is -2.19. The molecule has 0 saturated heterocycles. The maximum atomic E-state index is 12.0. The van der Waals surface area contributed by atoms with Gasteiger partial charge in [-0.3, -0.25) is 14.9 Å². The standard InChI is InChI=1S/C13H20N4O4/c1-16(7-8-21-2)6-5-15-13(18)11-9-10(14)3-4-12(11)17(19)20/h3-4,9H,5-8,14H2,1-2H3,(H,15,18). The molecule has 0 aliphatic rings. The lowest BCUT2D eigenvalue weighted by Gasteiger charge is -2.16. The van der Waals surface area contributed by atoms with Crippen LogP contribution in [0.1, 0.15) is 10.4 Å². The molecular formula is C13H20N4O4. The second-order valence-corrected chi connectivity index (χ2v) is 4.59. The minimum absolute atomic E-state index is 0.0282. The Morgan fingerprint density at radius 2 is 2.19 bits per heavy atom. The van der Waals surface area contributed by atoms with Crippen LogP contribution in [0.15, 0.2) is 18.2 Å². The summed E-state index contributed by atoms with van der Waals surface area (Å²) in [5.74, 6) is -0.505. The Kier molecular flexibility index (Phi) is 6.57. The molecule has 8 nitrogen and oxygen atoms in total. The van der Waals surface area contributed by atoms with Gasteiger partial charge in [0.1, 0.15) is 5.56 Å². The number of hydrogen-bond acceptors (Lipinski definition) is 6. The molecule has 0 atom stereocenters. The average molecular weight is 296 g/mol. The largest absolute Gasteiger partial charge is 0.399 e. The zero-order chi connectivity index (χ0) is 15.8. The van der Waals surface area contributed by atoms with Crippen LogP contribution in [0.3, 0.4) is 0 Å². The number of nitrogen functional groups attached to an aromatic ring is 1. The van der Waals surface area contributed by atoms with Crippen LogP contribution >= 0.6 is 0 Å². The number of benzene rings is 1. The number of nitrogens with two attached hydrogens (primary N) is 1. The smallest absolute Gasteiger partial charge is 0.282 e. The molecule has 0 unspecified atom stereocenters. The molecule has 0 heterocycles. The summed E-state index contributed by atoms with van der Waals surface area (Å²) >= 11 is 0. The van der Waals surface area contributed by atoms with Crippen LogP contribution in [0.2, 0.25) is 0 Å². The van der Waals surface area contributed by atoms with Crippen molar-refractivity contribution in [1.82, 2.24) is 10.2 Å². The van der Waals surface area contributed by atoms with Crippen LogP contribution in [0.4, 0.5) is 11.4 Å². The van der Waals surface area contributed by atoms with E-state index in [0.29, 0.717) is 25.4 Å². The fourth-order valence-electron chi connectivity index (χ4n) is 1.71. The van der Waals surface area contributed by atoms with E-state index in [2.05, 4.69) is 5.32 Å². The van der Waals surface area contributed by atoms with Crippen molar-refractivity contribution in [1.29, 1.82) is 0 Å². The minimum atomic E-state index is -0.598. The van der Waals surface area contributed by atoms with Gasteiger partial charge >= 0.3 is 0 Å². The highest BCUT2D eigenvalue weighted by molar-refractivity contribution is 5.99. The number of nitro benzene ring substituents is 1. The number of ether oxygens (including phenoxy) is 1. The highest BCUT2D eigenvalue weighted by Gasteiger charge is 2.19. The first-order valence-corrected chi connectivity index (χ1v) is 6.45. The Balaban J connectivity index is 2.60. The van der Waals surface area contributed by atoms with Gasteiger partial charge in [0.05, 0.1) is 11.5 Å². The van der Waals surface area contributed by atoms with E-state index >= 15 is 0 Å². The first-order valence-electron chi connectivity index (χ1n) is 6.45. The average Bonchev–Trinajstić information content (AvgIpc) is 2.44. The molecule has 0 fully saturated rings. The third-order valence-electron chi connectivity index (χ3n) is 2.92. The maximum absolute atomic E-state index is 12.0. The number of methoxy groups -OCH3 is 1. The van der Waals surface area contributed by atoms with Crippen LogP contribution in [0, 0.1) is 10.1 Å². The molecule has 0 spiro atoms. The molecule has 0 bridgehead atoms. The molecule has 0 aromatic heterocycles. The van der Waals surface area contributed by atoms with Crippen LogP contribution in [-0.2, 0) is 4.74 Å². The first kappa shape index (κ1) is 16.9. The van der Waals surface area contributed by atoms with Gasteiger partial charge in [0.25, 0.3) is 11.6 Å². The van der Waals surface area contributed by atoms with Gasteiger partial charge in [0.15, 0.2) is 0 Å². The van der Waals surface area contributed by atoms with E-state index in [-0.39, 0.29) is 11.3 Å². The molecule has 0 radical (unpaired) electrons. The second kappa shape index (κ2) is 8.18. The van der Waals surface area contributed by atoms with E-state index in [0.717, 1.165) is 6.54 Å². The van der Waals surface area contributed by atoms with Crippen LogP contribution < -0.4 is 11.1 Å². The van der Waals surface area contributed by atoms with E-state index in [4.69, 9.17) is 10.5 Å².